The van der Waals surface area contributed by atoms with Gasteiger partial charge in [-0.25, -0.2) is 4.79 Å². The lowest BCUT2D eigenvalue weighted by Gasteiger charge is -2.36. The lowest BCUT2D eigenvalue weighted by molar-refractivity contribution is -0.163. The summed E-state index contributed by atoms with van der Waals surface area (Å²) in [5.74, 6) is 0.196. The molecule has 102 valence electrons. The van der Waals surface area contributed by atoms with Crippen molar-refractivity contribution < 1.29 is 19.1 Å². The maximum absolute atomic E-state index is 12.5. The highest BCUT2D eigenvalue weighted by molar-refractivity contribution is 5.86. The lowest BCUT2D eigenvalue weighted by atomic mass is 9.95. The Morgan fingerprint density at radius 3 is 2.72 bits per heavy atom. The monoisotopic (exact) mass is 255 g/mol. The molecule has 2 rings (SSSR count). The topological polar surface area (TPSA) is 55.8 Å². The standard InChI is InChI=1S/C13H21NO4/c1-9-4-3-5-10(9)12(15)14-6-7-18-8-11(14)13(16)17-2/h9-11H,3-8H2,1-2H3. The fourth-order valence-electron chi connectivity index (χ4n) is 2.92. The van der Waals surface area contributed by atoms with Crippen molar-refractivity contribution in [1.29, 1.82) is 0 Å². The van der Waals surface area contributed by atoms with Crippen LogP contribution < -0.4 is 0 Å². The molecule has 5 nitrogen and oxygen atoms in total. The average Bonchev–Trinajstić information content (AvgIpc) is 2.83. The molecule has 18 heavy (non-hydrogen) atoms. The molecular weight excluding hydrogens is 234 g/mol. The fourth-order valence-corrected chi connectivity index (χ4v) is 2.92. The van der Waals surface area contributed by atoms with Gasteiger partial charge >= 0.3 is 5.97 Å². The van der Waals surface area contributed by atoms with E-state index in [2.05, 4.69) is 6.92 Å². The number of methoxy groups -OCH3 is 1. The molecule has 3 atom stereocenters. The van der Waals surface area contributed by atoms with Crippen molar-refractivity contribution >= 4 is 11.9 Å². The molecule has 0 aromatic carbocycles. The van der Waals surface area contributed by atoms with E-state index in [1.165, 1.54) is 7.11 Å². The summed E-state index contributed by atoms with van der Waals surface area (Å²) in [6.45, 7) is 3.35. The first-order chi connectivity index (χ1) is 8.65. The van der Waals surface area contributed by atoms with Gasteiger partial charge in [0.05, 0.1) is 20.3 Å². The number of morpholine rings is 1. The van der Waals surface area contributed by atoms with Gasteiger partial charge in [-0.3, -0.25) is 4.79 Å². The molecular formula is C13H21NO4. The summed E-state index contributed by atoms with van der Waals surface area (Å²) in [4.78, 5) is 25.8. The third-order valence-electron chi connectivity index (χ3n) is 4.06. The quantitative estimate of drug-likeness (QED) is 0.686. The number of amides is 1. The minimum atomic E-state index is -0.566. The summed E-state index contributed by atoms with van der Waals surface area (Å²) < 4.78 is 10.0. The van der Waals surface area contributed by atoms with E-state index >= 15 is 0 Å². The van der Waals surface area contributed by atoms with Crippen LogP contribution in [0.1, 0.15) is 26.2 Å². The second kappa shape index (κ2) is 5.69. The van der Waals surface area contributed by atoms with Gasteiger partial charge in [-0.1, -0.05) is 13.3 Å². The zero-order valence-electron chi connectivity index (χ0n) is 11.1. The highest BCUT2D eigenvalue weighted by Gasteiger charge is 2.39. The predicted octanol–water partition coefficient (Wildman–Crippen LogP) is 0.823. The Balaban J connectivity index is 2.08. The molecule has 1 saturated heterocycles. The first kappa shape index (κ1) is 13.3. The lowest BCUT2D eigenvalue weighted by Crippen LogP contribution is -2.54. The van der Waals surface area contributed by atoms with Crippen molar-refractivity contribution in [3.8, 4) is 0 Å². The Morgan fingerprint density at radius 2 is 2.11 bits per heavy atom. The first-order valence-electron chi connectivity index (χ1n) is 6.61. The van der Waals surface area contributed by atoms with Gasteiger partial charge in [0.2, 0.25) is 5.91 Å². The molecule has 2 fully saturated rings. The highest BCUT2D eigenvalue weighted by atomic mass is 16.5. The van der Waals surface area contributed by atoms with Gasteiger partial charge in [0.1, 0.15) is 0 Å². The normalized spacial score (nSPS) is 32.3. The van der Waals surface area contributed by atoms with Crippen molar-refractivity contribution in [3.63, 3.8) is 0 Å². The third kappa shape index (κ3) is 2.51. The molecule has 0 bridgehead atoms. The predicted molar refractivity (Wildman–Crippen MR) is 64.8 cm³/mol. The van der Waals surface area contributed by atoms with Gasteiger partial charge in [0.25, 0.3) is 0 Å². The molecule has 1 heterocycles. The van der Waals surface area contributed by atoms with Crippen LogP contribution in [-0.2, 0) is 19.1 Å². The SMILES string of the molecule is COC(=O)C1COCCN1C(=O)C1CCCC1C. The van der Waals surface area contributed by atoms with Gasteiger partial charge in [0.15, 0.2) is 6.04 Å². The van der Waals surface area contributed by atoms with Crippen molar-refractivity contribution in [1.82, 2.24) is 4.90 Å². The van der Waals surface area contributed by atoms with E-state index in [-0.39, 0.29) is 24.4 Å². The summed E-state index contributed by atoms with van der Waals surface area (Å²) in [5.41, 5.74) is 0. The molecule has 3 unspecified atom stereocenters. The van der Waals surface area contributed by atoms with Crippen LogP contribution in [-0.4, -0.2) is 49.7 Å². The van der Waals surface area contributed by atoms with E-state index < -0.39 is 6.04 Å². The van der Waals surface area contributed by atoms with E-state index in [1.54, 1.807) is 4.90 Å². The number of carbonyl (C=O) groups is 2. The van der Waals surface area contributed by atoms with Crippen LogP contribution in [0.3, 0.4) is 0 Å². The minimum absolute atomic E-state index is 0.0651. The van der Waals surface area contributed by atoms with E-state index in [0.717, 1.165) is 19.3 Å². The Kier molecular flexibility index (Phi) is 4.22. The highest BCUT2D eigenvalue weighted by Crippen LogP contribution is 2.33. The van der Waals surface area contributed by atoms with Crippen LogP contribution in [0, 0.1) is 11.8 Å². The minimum Gasteiger partial charge on any atom is -0.467 e. The molecule has 0 aromatic heterocycles. The second-order valence-corrected chi connectivity index (χ2v) is 5.16. The van der Waals surface area contributed by atoms with Crippen molar-refractivity contribution in [2.45, 2.75) is 32.2 Å². The summed E-state index contributed by atoms with van der Waals surface area (Å²) in [6, 6.07) is -0.566. The molecule has 1 amide bonds. The van der Waals surface area contributed by atoms with Crippen LogP contribution in [0.2, 0.25) is 0 Å². The molecule has 5 heteroatoms. The van der Waals surface area contributed by atoms with E-state index in [0.29, 0.717) is 19.1 Å². The molecule has 1 aliphatic heterocycles. The summed E-state index contributed by atoms with van der Waals surface area (Å²) in [6.07, 6.45) is 3.14. The molecule has 1 saturated carbocycles. The van der Waals surface area contributed by atoms with Gasteiger partial charge in [-0.05, 0) is 18.8 Å². The van der Waals surface area contributed by atoms with E-state index in [1.807, 2.05) is 0 Å². The molecule has 1 aliphatic carbocycles. The number of nitrogens with zero attached hydrogens (tertiary/aromatic N) is 1. The molecule has 0 aromatic rings. The molecule has 0 radical (unpaired) electrons. The Labute approximate surface area is 107 Å². The Hall–Kier alpha value is -1.10. The summed E-state index contributed by atoms with van der Waals surface area (Å²) >= 11 is 0. The third-order valence-corrected chi connectivity index (χ3v) is 4.06. The zero-order valence-corrected chi connectivity index (χ0v) is 11.1. The van der Waals surface area contributed by atoms with E-state index in [9.17, 15) is 9.59 Å². The number of hydrogen-bond acceptors (Lipinski definition) is 4. The van der Waals surface area contributed by atoms with Crippen LogP contribution in [0.4, 0.5) is 0 Å². The number of hydrogen-bond donors (Lipinski definition) is 0. The Morgan fingerprint density at radius 1 is 1.33 bits per heavy atom. The van der Waals surface area contributed by atoms with Gasteiger partial charge in [-0.15, -0.1) is 0 Å². The van der Waals surface area contributed by atoms with Gasteiger partial charge in [-0.2, -0.15) is 0 Å². The van der Waals surface area contributed by atoms with Crippen LogP contribution in [0.25, 0.3) is 0 Å². The van der Waals surface area contributed by atoms with Gasteiger partial charge in [0, 0.05) is 12.5 Å². The van der Waals surface area contributed by atoms with Crippen molar-refractivity contribution in [2.24, 2.45) is 11.8 Å². The number of esters is 1. The van der Waals surface area contributed by atoms with Gasteiger partial charge < -0.3 is 14.4 Å². The second-order valence-electron chi connectivity index (χ2n) is 5.16. The van der Waals surface area contributed by atoms with Crippen molar-refractivity contribution in [2.75, 3.05) is 26.9 Å². The summed E-state index contributed by atoms with van der Waals surface area (Å²) in [5, 5.41) is 0. The van der Waals surface area contributed by atoms with Crippen LogP contribution in [0.5, 0.6) is 0 Å². The van der Waals surface area contributed by atoms with Crippen molar-refractivity contribution in [3.05, 3.63) is 0 Å². The Bertz CT molecular complexity index is 331. The van der Waals surface area contributed by atoms with Crippen LogP contribution >= 0.6 is 0 Å². The number of carbonyl (C=O) groups excluding carboxylic acids is 2. The first-order valence-corrected chi connectivity index (χ1v) is 6.61. The maximum atomic E-state index is 12.5. The average molecular weight is 255 g/mol. The molecule has 0 spiro atoms. The number of rotatable bonds is 2. The number of ether oxygens (including phenoxy) is 2. The largest absolute Gasteiger partial charge is 0.467 e. The summed E-state index contributed by atoms with van der Waals surface area (Å²) in [7, 11) is 1.35. The maximum Gasteiger partial charge on any atom is 0.331 e. The fraction of sp³-hybridized carbons (Fsp3) is 0.846. The zero-order chi connectivity index (χ0) is 13.1. The molecule has 0 N–H and O–H groups in total. The molecule has 2 aliphatic rings. The smallest absolute Gasteiger partial charge is 0.331 e. The van der Waals surface area contributed by atoms with Crippen LogP contribution in [0.15, 0.2) is 0 Å². The van der Waals surface area contributed by atoms with E-state index in [4.69, 9.17) is 9.47 Å².